The lowest BCUT2D eigenvalue weighted by atomic mass is 10.2. The number of anilines is 1. The lowest BCUT2D eigenvalue weighted by Crippen LogP contribution is -2.12. The predicted octanol–water partition coefficient (Wildman–Crippen LogP) is 4.00. The van der Waals surface area contributed by atoms with E-state index in [9.17, 15) is 9.59 Å². The summed E-state index contributed by atoms with van der Waals surface area (Å²) in [6.07, 6.45) is -0.786. The Bertz CT molecular complexity index is 921. The van der Waals surface area contributed by atoms with E-state index >= 15 is 0 Å². The maximum Gasteiger partial charge on any atom is 0.513 e. The van der Waals surface area contributed by atoms with E-state index in [2.05, 4.69) is 20.0 Å². The molecule has 0 bridgehead atoms. The standard InChI is InChI=1S/C17H14ClN3O4/c1-2-24-17(23)25-12-6-3-10(4-7-12)15(22)19-11-5-8-13-14(9-11)21-16(18)20-13/h3-9H,2H2,1H3,(H,19,22)(H,20,21). The van der Waals surface area contributed by atoms with E-state index in [1.807, 2.05) is 0 Å². The summed E-state index contributed by atoms with van der Waals surface area (Å²) < 4.78 is 9.62. The van der Waals surface area contributed by atoms with Crippen molar-refractivity contribution in [3.05, 3.63) is 53.3 Å². The van der Waals surface area contributed by atoms with E-state index in [1.54, 1.807) is 37.3 Å². The number of hydrogen-bond donors (Lipinski definition) is 2. The zero-order valence-electron chi connectivity index (χ0n) is 13.2. The van der Waals surface area contributed by atoms with Gasteiger partial charge in [0, 0.05) is 11.3 Å². The molecule has 8 heteroatoms. The number of carbonyl (C=O) groups excluding carboxylic acids is 2. The normalized spacial score (nSPS) is 10.5. The number of nitrogens with zero attached hydrogens (tertiary/aromatic N) is 1. The molecule has 0 spiro atoms. The molecule has 2 aromatic carbocycles. The Morgan fingerprint density at radius 3 is 2.68 bits per heavy atom. The largest absolute Gasteiger partial charge is 0.513 e. The summed E-state index contributed by atoms with van der Waals surface area (Å²) in [5, 5.41) is 3.07. The van der Waals surface area contributed by atoms with Gasteiger partial charge in [0.05, 0.1) is 17.6 Å². The summed E-state index contributed by atoms with van der Waals surface area (Å²) in [4.78, 5) is 30.5. The minimum absolute atomic E-state index is 0.227. The van der Waals surface area contributed by atoms with Crippen LogP contribution < -0.4 is 10.1 Å². The van der Waals surface area contributed by atoms with Gasteiger partial charge in [-0.15, -0.1) is 0 Å². The SMILES string of the molecule is CCOC(=O)Oc1ccc(C(=O)Nc2ccc3nc(Cl)[nH]c3c2)cc1. The number of fused-ring (bicyclic) bond motifs is 1. The average Bonchev–Trinajstić information content (AvgIpc) is 2.95. The van der Waals surface area contributed by atoms with Gasteiger partial charge in [-0.2, -0.15) is 0 Å². The van der Waals surface area contributed by atoms with Crippen molar-refractivity contribution in [2.24, 2.45) is 0 Å². The molecule has 25 heavy (non-hydrogen) atoms. The van der Waals surface area contributed by atoms with E-state index in [0.29, 0.717) is 22.5 Å². The molecule has 1 heterocycles. The van der Waals surface area contributed by atoms with Gasteiger partial charge >= 0.3 is 6.16 Å². The first-order valence-electron chi connectivity index (χ1n) is 7.46. The Hall–Kier alpha value is -3.06. The van der Waals surface area contributed by atoms with Gasteiger partial charge in [-0.1, -0.05) is 0 Å². The van der Waals surface area contributed by atoms with Gasteiger partial charge < -0.3 is 19.8 Å². The summed E-state index contributed by atoms with van der Waals surface area (Å²) in [7, 11) is 0. The van der Waals surface area contributed by atoms with Crippen LogP contribution >= 0.6 is 11.6 Å². The van der Waals surface area contributed by atoms with E-state index in [0.717, 1.165) is 5.52 Å². The van der Waals surface area contributed by atoms with Crippen LogP contribution in [0.3, 0.4) is 0 Å². The third-order valence-corrected chi connectivity index (χ3v) is 3.47. The number of carbonyl (C=O) groups is 2. The van der Waals surface area contributed by atoms with Crippen LogP contribution in [-0.2, 0) is 4.74 Å². The van der Waals surface area contributed by atoms with Crippen LogP contribution in [0.2, 0.25) is 5.28 Å². The summed E-state index contributed by atoms with van der Waals surface area (Å²) >= 11 is 5.81. The molecule has 0 radical (unpaired) electrons. The molecule has 0 aliphatic carbocycles. The lowest BCUT2D eigenvalue weighted by molar-refractivity contribution is 0.102. The van der Waals surface area contributed by atoms with Crippen molar-refractivity contribution in [3.63, 3.8) is 0 Å². The van der Waals surface area contributed by atoms with Crippen LogP contribution in [-0.4, -0.2) is 28.6 Å². The van der Waals surface area contributed by atoms with Gasteiger partial charge in [0.15, 0.2) is 0 Å². The zero-order chi connectivity index (χ0) is 17.8. The van der Waals surface area contributed by atoms with E-state index in [1.165, 1.54) is 12.1 Å². The molecule has 3 aromatic rings. The molecule has 0 atom stereocenters. The second-order valence-electron chi connectivity index (χ2n) is 5.02. The molecule has 0 fully saturated rings. The quantitative estimate of drug-likeness (QED) is 0.542. The van der Waals surface area contributed by atoms with Crippen molar-refractivity contribution in [1.29, 1.82) is 0 Å². The number of hydrogen-bond acceptors (Lipinski definition) is 5. The van der Waals surface area contributed by atoms with Gasteiger partial charge in [-0.3, -0.25) is 4.79 Å². The average molecular weight is 360 g/mol. The maximum absolute atomic E-state index is 12.3. The van der Waals surface area contributed by atoms with E-state index < -0.39 is 6.16 Å². The Balaban J connectivity index is 1.68. The minimum Gasteiger partial charge on any atom is -0.434 e. The van der Waals surface area contributed by atoms with Crippen molar-refractivity contribution < 1.29 is 19.1 Å². The Morgan fingerprint density at radius 1 is 1.20 bits per heavy atom. The summed E-state index contributed by atoms with van der Waals surface area (Å²) in [6.45, 7) is 1.91. The molecule has 2 N–H and O–H groups in total. The fourth-order valence-electron chi connectivity index (χ4n) is 2.18. The Morgan fingerprint density at radius 2 is 1.96 bits per heavy atom. The molecule has 7 nitrogen and oxygen atoms in total. The number of nitrogens with one attached hydrogen (secondary N) is 2. The number of ether oxygens (including phenoxy) is 2. The molecule has 0 aliphatic heterocycles. The molecule has 0 aliphatic rings. The van der Waals surface area contributed by atoms with Gasteiger partial charge in [0.1, 0.15) is 5.75 Å². The topological polar surface area (TPSA) is 93.3 Å². The van der Waals surface area contributed by atoms with Crippen LogP contribution in [0, 0.1) is 0 Å². The van der Waals surface area contributed by atoms with Crippen molar-refractivity contribution >= 4 is 40.4 Å². The molecule has 0 saturated carbocycles. The highest BCUT2D eigenvalue weighted by molar-refractivity contribution is 6.29. The van der Waals surface area contributed by atoms with Gasteiger partial charge in [0.2, 0.25) is 5.28 Å². The molecule has 1 amide bonds. The van der Waals surface area contributed by atoms with Crippen LogP contribution in [0.5, 0.6) is 5.75 Å². The Kier molecular flexibility index (Phi) is 4.85. The highest BCUT2D eigenvalue weighted by atomic mass is 35.5. The number of imidazole rings is 1. The first kappa shape index (κ1) is 16.8. The first-order chi connectivity index (χ1) is 12.0. The molecular weight excluding hydrogens is 346 g/mol. The van der Waals surface area contributed by atoms with Crippen molar-refractivity contribution in [2.45, 2.75) is 6.92 Å². The molecular formula is C17H14ClN3O4. The number of H-pyrrole nitrogens is 1. The van der Waals surface area contributed by atoms with E-state index in [4.69, 9.17) is 16.3 Å². The van der Waals surface area contributed by atoms with Crippen molar-refractivity contribution in [3.8, 4) is 5.75 Å². The number of benzene rings is 2. The third-order valence-electron chi connectivity index (χ3n) is 3.29. The van der Waals surface area contributed by atoms with Crippen LogP contribution in [0.1, 0.15) is 17.3 Å². The van der Waals surface area contributed by atoms with Crippen LogP contribution in [0.15, 0.2) is 42.5 Å². The fraction of sp³-hybridized carbons (Fsp3) is 0.118. The second kappa shape index (κ2) is 7.23. The van der Waals surface area contributed by atoms with Gasteiger partial charge in [0.25, 0.3) is 5.91 Å². The summed E-state index contributed by atoms with van der Waals surface area (Å²) in [6, 6.07) is 11.4. The number of aromatic amines is 1. The number of amides is 1. The monoisotopic (exact) mass is 359 g/mol. The maximum atomic E-state index is 12.3. The number of halogens is 1. The highest BCUT2D eigenvalue weighted by Crippen LogP contribution is 2.20. The molecule has 0 unspecified atom stereocenters. The van der Waals surface area contributed by atoms with Gasteiger partial charge in [-0.25, -0.2) is 9.78 Å². The first-order valence-corrected chi connectivity index (χ1v) is 7.84. The fourth-order valence-corrected chi connectivity index (χ4v) is 2.37. The van der Waals surface area contributed by atoms with Crippen molar-refractivity contribution in [1.82, 2.24) is 9.97 Å². The van der Waals surface area contributed by atoms with Gasteiger partial charge in [-0.05, 0) is 61.0 Å². The molecule has 1 aromatic heterocycles. The van der Waals surface area contributed by atoms with E-state index in [-0.39, 0.29) is 17.8 Å². The molecule has 3 rings (SSSR count). The highest BCUT2D eigenvalue weighted by Gasteiger charge is 2.10. The third kappa shape index (κ3) is 4.07. The molecule has 128 valence electrons. The smallest absolute Gasteiger partial charge is 0.434 e. The lowest BCUT2D eigenvalue weighted by Gasteiger charge is -2.07. The number of rotatable bonds is 4. The minimum atomic E-state index is -0.786. The van der Waals surface area contributed by atoms with Crippen molar-refractivity contribution in [2.75, 3.05) is 11.9 Å². The van der Waals surface area contributed by atoms with Crippen LogP contribution in [0.25, 0.3) is 11.0 Å². The Labute approximate surface area is 147 Å². The second-order valence-corrected chi connectivity index (χ2v) is 5.38. The molecule has 0 saturated heterocycles. The summed E-state index contributed by atoms with van der Waals surface area (Å²) in [5.41, 5.74) is 2.45. The number of aromatic nitrogens is 2. The summed E-state index contributed by atoms with van der Waals surface area (Å²) in [5.74, 6) is -0.00355. The predicted molar refractivity (Wildman–Crippen MR) is 93.1 cm³/mol. The zero-order valence-corrected chi connectivity index (χ0v) is 14.0. The van der Waals surface area contributed by atoms with Crippen LogP contribution in [0.4, 0.5) is 10.5 Å².